The zero-order valence-corrected chi connectivity index (χ0v) is 7.78. The number of allylic oxidation sites excluding steroid dienone is 4. The van der Waals surface area contributed by atoms with Gasteiger partial charge in [-0.25, -0.2) is 0 Å². The zero-order valence-electron chi connectivity index (χ0n) is 7.78. The second kappa shape index (κ2) is 3.75. The standard InChI is InChI=1S/C11H17/c1-4-6-11-9(3)7-8-10(11)5-2/h7-8H,4-6H2,1-3H3. The van der Waals surface area contributed by atoms with Gasteiger partial charge in [0.15, 0.2) is 0 Å². The molecule has 0 N–H and O–H groups in total. The lowest BCUT2D eigenvalue weighted by atomic mass is 9.97. The van der Waals surface area contributed by atoms with Gasteiger partial charge in [0, 0.05) is 5.92 Å². The maximum atomic E-state index is 2.26. The molecule has 0 aromatic carbocycles. The largest absolute Gasteiger partial charge is 0.0731 e. The minimum absolute atomic E-state index is 1.18. The lowest BCUT2D eigenvalue weighted by Crippen LogP contribution is -1.91. The third-order valence-electron chi connectivity index (χ3n) is 2.28. The summed E-state index contributed by atoms with van der Waals surface area (Å²) in [4.78, 5) is 0. The van der Waals surface area contributed by atoms with Gasteiger partial charge >= 0.3 is 0 Å². The van der Waals surface area contributed by atoms with Crippen LogP contribution in [0.5, 0.6) is 0 Å². The van der Waals surface area contributed by atoms with Crippen LogP contribution in [0, 0.1) is 5.92 Å². The van der Waals surface area contributed by atoms with E-state index in [9.17, 15) is 0 Å². The van der Waals surface area contributed by atoms with Crippen molar-refractivity contribution in [2.75, 3.05) is 0 Å². The van der Waals surface area contributed by atoms with Crippen molar-refractivity contribution in [2.24, 2.45) is 0 Å². The Kier molecular flexibility index (Phi) is 2.92. The van der Waals surface area contributed by atoms with Crippen LogP contribution in [0.4, 0.5) is 0 Å². The molecule has 0 spiro atoms. The molecular formula is C11H17. The normalized spacial score (nSPS) is 18.5. The SMILES string of the molecule is CCCC1=C(CC)C=C[C]1C. The van der Waals surface area contributed by atoms with Gasteiger partial charge < -0.3 is 0 Å². The number of hydrogen-bond donors (Lipinski definition) is 0. The third-order valence-corrected chi connectivity index (χ3v) is 2.28. The van der Waals surface area contributed by atoms with Crippen molar-refractivity contribution >= 4 is 0 Å². The Bertz CT molecular complexity index is 184. The molecule has 1 aliphatic rings. The fourth-order valence-corrected chi connectivity index (χ4v) is 1.62. The van der Waals surface area contributed by atoms with Crippen LogP contribution in [0.25, 0.3) is 0 Å². The van der Waals surface area contributed by atoms with Crippen LogP contribution >= 0.6 is 0 Å². The Morgan fingerprint density at radius 1 is 1.18 bits per heavy atom. The summed E-state index contributed by atoms with van der Waals surface area (Å²) in [5, 5.41) is 0. The Hall–Kier alpha value is -0.520. The van der Waals surface area contributed by atoms with E-state index in [4.69, 9.17) is 0 Å². The van der Waals surface area contributed by atoms with Gasteiger partial charge in [0.2, 0.25) is 0 Å². The quantitative estimate of drug-likeness (QED) is 0.574. The summed E-state index contributed by atoms with van der Waals surface area (Å²) >= 11 is 0. The van der Waals surface area contributed by atoms with Crippen molar-refractivity contribution in [3.63, 3.8) is 0 Å². The average Bonchev–Trinajstić information content (AvgIpc) is 2.34. The highest BCUT2D eigenvalue weighted by Gasteiger charge is 2.14. The third kappa shape index (κ3) is 1.74. The first-order chi connectivity index (χ1) is 5.29. The van der Waals surface area contributed by atoms with Gasteiger partial charge in [0.05, 0.1) is 0 Å². The van der Waals surface area contributed by atoms with Crippen molar-refractivity contribution in [3.8, 4) is 0 Å². The van der Waals surface area contributed by atoms with E-state index in [0.29, 0.717) is 0 Å². The first-order valence-corrected chi connectivity index (χ1v) is 4.53. The van der Waals surface area contributed by atoms with Crippen LogP contribution in [0.15, 0.2) is 23.3 Å². The Balaban J connectivity index is 2.70. The maximum Gasteiger partial charge on any atom is 0.0197 e. The Morgan fingerprint density at radius 2 is 1.91 bits per heavy atom. The molecule has 0 nitrogen and oxygen atoms in total. The van der Waals surface area contributed by atoms with Gasteiger partial charge in [-0.15, -0.1) is 0 Å². The molecule has 1 aliphatic carbocycles. The molecule has 0 fully saturated rings. The number of rotatable bonds is 3. The summed E-state index contributed by atoms with van der Waals surface area (Å²) in [6.07, 6.45) is 8.20. The molecule has 0 amide bonds. The molecule has 1 radical (unpaired) electrons. The van der Waals surface area contributed by atoms with Crippen molar-refractivity contribution < 1.29 is 0 Å². The highest BCUT2D eigenvalue weighted by Crippen LogP contribution is 2.31. The van der Waals surface area contributed by atoms with Crippen LogP contribution in [0.3, 0.4) is 0 Å². The summed E-state index contributed by atoms with van der Waals surface area (Å²) in [7, 11) is 0. The van der Waals surface area contributed by atoms with Gasteiger partial charge in [0.1, 0.15) is 0 Å². The van der Waals surface area contributed by atoms with Gasteiger partial charge in [-0.3, -0.25) is 0 Å². The van der Waals surface area contributed by atoms with Crippen LogP contribution < -0.4 is 0 Å². The second-order valence-electron chi connectivity index (χ2n) is 3.12. The molecule has 0 atom stereocenters. The molecule has 0 heteroatoms. The molecule has 0 unspecified atom stereocenters. The van der Waals surface area contributed by atoms with Crippen molar-refractivity contribution in [1.82, 2.24) is 0 Å². The van der Waals surface area contributed by atoms with Gasteiger partial charge in [-0.1, -0.05) is 44.9 Å². The van der Waals surface area contributed by atoms with E-state index in [1.807, 2.05) is 0 Å². The van der Waals surface area contributed by atoms with Crippen molar-refractivity contribution in [1.29, 1.82) is 0 Å². The first kappa shape index (κ1) is 8.58. The summed E-state index contributed by atoms with van der Waals surface area (Å²) in [5.74, 6) is 1.48. The summed E-state index contributed by atoms with van der Waals surface area (Å²) < 4.78 is 0. The minimum atomic E-state index is 1.18. The number of hydrogen-bond acceptors (Lipinski definition) is 0. The molecule has 0 heterocycles. The zero-order chi connectivity index (χ0) is 8.27. The first-order valence-electron chi connectivity index (χ1n) is 4.53. The molecular weight excluding hydrogens is 132 g/mol. The lowest BCUT2D eigenvalue weighted by molar-refractivity contribution is 0.878. The smallest absolute Gasteiger partial charge is 0.0197 e. The summed E-state index contributed by atoms with van der Waals surface area (Å²) in [6, 6.07) is 0. The summed E-state index contributed by atoms with van der Waals surface area (Å²) in [6.45, 7) is 6.68. The highest BCUT2D eigenvalue weighted by atomic mass is 14.2. The molecule has 0 bridgehead atoms. The van der Waals surface area contributed by atoms with E-state index in [0.717, 1.165) is 0 Å². The summed E-state index contributed by atoms with van der Waals surface area (Å²) in [5.41, 5.74) is 3.14. The van der Waals surface area contributed by atoms with Crippen molar-refractivity contribution in [2.45, 2.75) is 40.0 Å². The topological polar surface area (TPSA) is 0 Å². The fourth-order valence-electron chi connectivity index (χ4n) is 1.62. The van der Waals surface area contributed by atoms with Crippen LogP contribution in [0.2, 0.25) is 0 Å². The molecule has 0 aromatic heterocycles. The molecule has 11 heavy (non-hydrogen) atoms. The van der Waals surface area contributed by atoms with E-state index >= 15 is 0 Å². The predicted octanol–water partition coefficient (Wildman–Crippen LogP) is 3.66. The fraction of sp³-hybridized carbons (Fsp3) is 0.545. The Labute approximate surface area is 70.0 Å². The average molecular weight is 149 g/mol. The van der Waals surface area contributed by atoms with Gasteiger partial charge in [-0.2, -0.15) is 0 Å². The van der Waals surface area contributed by atoms with E-state index in [2.05, 4.69) is 32.9 Å². The van der Waals surface area contributed by atoms with Crippen LogP contribution in [0.1, 0.15) is 40.0 Å². The van der Waals surface area contributed by atoms with E-state index in [1.54, 1.807) is 11.1 Å². The molecule has 0 saturated carbocycles. The van der Waals surface area contributed by atoms with Crippen LogP contribution in [-0.4, -0.2) is 0 Å². The molecule has 0 aliphatic heterocycles. The monoisotopic (exact) mass is 149 g/mol. The minimum Gasteiger partial charge on any atom is -0.0731 e. The lowest BCUT2D eigenvalue weighted by Gasteiger charge is -2.08. The van der Waals surface area contributed by atoms with E-state index < -0.39 is 0 Å². The van der Waals surface area contributed by atoms with E-state index in [-0.39, 0.29) is 0 Å². The van der Waals surface area contributed by atoms with E-state index in [1.165, 1.54) is 25.2 Å². The Morgan fingerprint density at radius 3 is 2.45 bits per heavy atom. The molecule has 0 aromatic rings. The predicted molar refractivity (Wildman–Crippen MR) is 50.3 cm³/mol. The van der Waals surface area contributed by atoms with Crippen LogP contribution in [-0.2, 0) is 0 Å². The van der Waals surface area contributed by atoms with Gasteiger partial charge in [0.25, 0.3) is 0 Å². The second-order valence-corrected chi connectivity index (χ2v) is 3.12. The highest BCUT2D eigenvalue weighted by molar-refractivity contribution is 5.47. The maximum absolute atomic E-state index is 2.26. The molecule has 0 saturated heterocycles. The molecule has 1 rings (SSSR count). The van der Waals surface area contributed by atoms with Crippen molar-refractivity contribution in [3.05, 3.63) is 29.2 Å². The molecule has 61 valence electrons. The van der Waals surface area contributed by atoms with Gasteiger partial charge in [-0.05, 0) is 18.4 Å².